The van der Waals surface area contributed by atoms with Crippen molar-refractivity contribution in [2.75, 3.05) is 0 Å². The molecule has 0 saturated carbocycles. The minimum atomic E-state index is -0.854. The van der Waals surface area contributed by atoms with E-state index in [0.717, 1.165) is 11.3 Å². The first-order valence-corrected chi connectivity index (χ1v) is 6.79. The van der Waals surface area contributed by atoms with Crippen molar-refractivity contribution in [3.63, 3.8) is 0 Å². The zero-order valence-electron chi connectivity index (χ0n) is 11.7. The Morgan fingerprint density at radius 1 is 1.18 bits per heavy atom. The molecule has 22 heavy (non-hydrogen) atoms. The predicted octanol–water partition coefficient (Wildman–Crippen LogP) is 2.44. The molecule has 1 aromatic carbocycles. The van der Waals surface area contributed by atoms with Crippen molar-refractivity contribution in [2.45, 2.75) is 12.5 Å². The molecule has 1 atom stereocenters. The predicted molar refractivity (Wildman–Crippen MR) is 80.0 cm³/mol. The second kappa shape index (κ2) is 6.28. The van der Waals surface area contributed by atoms with E-state index in [4.69, 9.17) is 4.42 Å². The zero-order valence-corrected chi connectivity index (χ0v) is 11.7. The number of aliphatic hydroxyl groups is 1. The summed E-state index contributed by atoms with van der Waals surface area (Å²) in [5.41, 5.74) is 1.05. The highest BCUT2D eigenvalue weighted by Gasteiger charge is 2.07. The molecule has 0 bridgehead atoms. The fourth-order valence-corrected chi connectivity index (χ4v) is 2.03. The van der Waals surface area contributed by atoms with E-state index in [9.17, 15) is 10.2 Å². The molecular weight excluding hydrogens is 282 g/mol. The number of aromatic amines is 1. The lowest BCUT2D eigenvalue weighted by molar-refractivity contribution is 0.219. The number of benzene rings is 1. The Balaban J connectivity index is 1.64. The summed E-state index contributed by atoms with van der Waals surface area (Å²) in [7, 11) is 0. The van der Waals surface area contributed by atoms with Crippen molar-refractivity contribution in [1.82, 2.24) is 15.2 Å². The number of furan rings is 1. The lowest BCUT2D eigenvalue weighted by atomic mass is 10.1. The summed E-state index contributed by atoms with van der Waals surface area (Å²) in [5, 5.41) is 25.4. The van der Waals surface area contributed by atoms with Crippen LogP contribution in [0.5, 0.6) is 5.75 Å². The molecule has 1 unspecified atom stereocenters. The highest BCUT2D eigenvalue weighted by atomic mass is 16.3. The van der Waals surface area contributed by atoms with Crippen LogP contribution in [0.15, 0.2) is 53.2 Å². The normalized spacial score (nSPS) is 12.8. The Labute approximate surface area is 126 Å². The fourth-order valence-electron chi connectivity index (χ4n) is 2.03. The Bertz CT molecular complexity index is 745. The van der Waals surface area contributed by atoms with Crippen LogP contribution in [0, 0.1) is 0 Å². The van der Waals surface area contributed by atoms with Gasteiger partial charge in [0.25, 0.3) is 0 Å². The number of nitrogens with one attached hydrogen (secondary N) is 1. The average Bonchev–Trinajstić information content (AvgIpc) is 3.19. The largest absolute Gasteiger partial charge is 0.508 e. The van der Waals surface area contributed by atoms with E-state index in [1.165, 1.54) is 6.33 Å². The lowest BCUT2D eigenvalue weighted by Gasteiger charge is -1.99. The highest BCUT2D eigenvalue weighted by molar-refractivity contribution is 5.44. The molecule has 0 amide bonds. The van der Waals surface area contributed by atoms with Crippen LogP contribution in [-0.2, 0) is 6.42 Å². The van der Waals surface area contributed by atoms with E-state index in [1.807, 2.05) is 24.3 Å². The molecular formula is C16H15N3O3. The molecule has 6 heteroatoms. The Morgan fingerprint density at radius 2 is 2.00 bits per heavy atom. The number of phenols is 1. The first kappa shape index (κ1) is 14.1. The van der Waals surface area contributed by atoms with E-state index in [-0.39, 0.29) is 5.75 Å². The second-order valence-corrected chi connectivity index (χ2v) is 4.82. The van der Waals surface area contributed by atoms with E-state index < -0.39 is 6.10 Å². The van der Waals surface area contributed by atoms with Gasteiger partial charge in [0, 0.05) is 6.42 Å². The van der Waals surface area contributed by atoms with Crippen LogP contribution in [-0.4, -0.2) is 25.4 Å². The second-order valence-electron chi connectivity index (χ2n) is 4.82. The zero-order chi connectivity index (χ0) is 15.4. The molecule has 3 rings (SSSR count). The van der Waals surface area contributed by atoms with Crippen LogP contribution in [0.4, 0.5) is 0 Å². The molecule has 112 valence electrons. The molecule has 0 aliphatic heterocycles. The summed E-state index contributed by atoms with van der Waals surface area (Å²) in [4.78, 5) is 3.88. The third-order valence-corrected chi connectivity index (χ3v) is 3.15. The average molecular weight is 297 g/mol. The number of nitrogens with zero attached hydrogens (tertiary/aromatic N) is 2. The summed E-state index contributed by atoms with van der Waals surface area (Å²) in [6.45, 7) is 0. The van der Waals surface area contributed by atoms with Crippen molar-refractivity contribution >= 4 is 6.08 Å². The minimum absolute atomic E-state index is 0.244. The summed E-state index contributed by atoms with van der Waals surface area (Å²) >= 11 is 0. The van der Waals surface area contributed by atoms with Gasteiger partial charge in [-0.05, 0) is 42.0 Å². The minimum Gasteiger partial charge on any atom is -0.508 e. The van der Waals surface area contributed by atoms with Crippen LogP contribution >= 0.6 is 0 Å². The number of H-pyrrole nitrogens is 1. The lowest BCUT2D eigenvalue weighted by Crippen LogP contribution is -1.95. The molecule has 0 fully saturated rings. The van der Waals surface area contributed by atoms with Gasteiger partial charge in [0.2, 0.25) is 0 Å². The summed E-state index contributed by atoms with van der Waals surface area (Å²) in [6, 6.07) is 10.7. The molecule has 0 aliphatic rings. The van der Waals surface area contributed by atoms with E-state index in [1.54, 1.807) is 24.3 Å². The number of phenolic OH excluding ortho intramolecular Hbond substituents is 1. The van der Waals surface area contributed by atoms with Crippen LogP contribution in [0.1, 0.15) is 29.0 Å². The van der Waals surface area contributed by atoms with E-state index >= 15 is 0 Å². The van der Waals surface area contributed by atoms with Gasteiger partial charge >= 0.3 is 0 Å². The van der Waals surface area contributed by atoms with Gasteiger partial charge in [0.15, 0.2) is 5.82 Å². The SMILES string of the molecule is Oc1ccc(Cc2ccc(C=CC(O)c3ncn[nH]3)o2)cc1. The third-order valence-electron chi connectivity index (χ3n) is 3.15. The van der Waals surface area contributed by atoms with Gasteiger partial charge in [-0.1, -0.05) is 12.1 Å². The Kier molecular flexibility index (Phi) is 4.02. The number of hydrogen-bond acceptors (Lipinski definition) is 5. The van der Waals surface area contributed by atoms with E-state index in [0.29, 0.717) is 18.0 Å². The van der Waals surface area contributed by atoms with Crippen molar-refractivity contribution in [1.29, 1.82) is 0 Å². The van der Waals surface area contributed by atoms with Gasteiger partial charge in [-0.15, -0.1) is 0 Å². The van der Waals surface area contributed by atoms with Crippen molar-refractivity contribution < 1.29 is 14.6 Å². The van der Waals surface area contributed by atoms with Crippen LogP contribution in [0.3, 0.4) is 0 Å². The monoisotopic (exact) mass is 297 g/mol. The molecule has 2 aromatic heterocycles. The number of aromatic nitrogens is 3. The molecule has 0 aliphatic carbocycles. The topological polar surface area (TPSA) is 95.2 Å². The number of hydrogen-bond donors (Lipinski definition) is 3. The maximum atomic E-state index is 9.85. The highest BCUT2D eigenvalue weighted by Crippen LogP contribution is 2.18. The Morgan fingerprint density at radius 3 is 2.73 bits per heavy atom. The van der Waals surface area contributed by atoms with Gasteiger partial charge in [0.1, 0.15) is 29.7 Å². The molecule has 0 spiro atoms. The summed E-state index contributed by atoms with van der Waals surface area (Å²) < 4.78 is 5.68. The smallest absolute Gasteiger partial charge is 0.157 e. The molecule has 0 saturated heterocycles. The molecule has 2 heterocycles. The molecule has 3 N–H and O–H groups in total. The number of aliphatic hydroxyl groups excluding tert-OH is 1. The molecule has 0 radical (unpaired) electrons. The van der Waals surface area contributed by atoms with Gasteiger partial charge in [-0.2, -0.15) is 5.10 Å². The quantitative estimate of drug-likeness (QED) is 0.672. The fraction of sp³-hybridized carbons (Fsp3) is 0.125. The van der Waals surface area contributed by atoms with Gasteiger partial charge in [-0.3, -0.25) is 5.10 Å². The van der Waals surface area contributed by atoms with Crippen molar-refractivity contribution in [3.8, 4) is 5.75 Å². The number of rotatable bonds is 5. The number of aromatic hydroxyl groups is 1. The Hall–Kier alpha value is -2.86. The van der Waals surface area contributed by atoms with Crippen LogP contribution < -0.4 is 0 Å². The van der Waals surface area contributed by atoms with Gasteiger partial charge in [0.05, 0.1) is 0 Å². The van der Waals surface area contributed by atoms with Crippen molar-refractivity contribution in [3.05, 3.63) is 71.7 Å². The first-order valence-electron chi connectivity index (χ1n) is 6.79. The summed E-state index contributed by atoms with van der Waals surface area (Å²) in [6.07, 6.45) is 4.39. The summed E-state index contributed by atoms with van der Waals surface area (Å²) in [5.74, 6) is 2.08. The maximum Gasteiger partial charge on any atom is 0.157 e. The van der Waals surface area contributed by atoms with Crippen LogP contribution in [0.25, 0.3) is 6.08 Å². The van der Waals surface area contributed by atoms with Gasteiger partial charge < -0.3 is 14.6 Å². The third kappa shape index (κ3) is 3.42. The van der Waals surface area contributed by atoms with Gasteiger partial charge in [-0.25, -0.2) is 4.98 Å². The standard InChI is InChI=1S/C16H15N3O3/c20-12-3-1-11(2-4-12)9-14-6-5-13(22-14)7-8-15(21)16-17-10-18-19-16/h1-8,10,15,20-21H,9H2,(H,17,18,19). The molecule has 6 nitrogen and oxygen atoms in total. The molecule has 3 aromatic rings. The van der Waals surface area contributed by atoms with E-state index in [2.05, 4.69) is 15.2 Å². The van der Waals surface area contributed by atoms with Crippen molar-refractivity contribution in [2.24, 2.45) is 0 Å². The maximum absolute atomic E-state index is 9.85. The van der Waals surface area contributed by atoms with Crippen LogP contribution in [0.2, 0.25) is 0 Å². The first-order chi connectivity index (χ1) is 10.7.